The summed E-state index contributed by atoms with van der Waals surface area (Å²) in [6, 6.07) is 5.39. The molecule has 9 nitrogen and oxygen atoms in total. The normalized spacial score (nSPS) is 11.7. The van der Waals surface area contributed by atoms with Crippen LogP contribution in [0.5, 0.6) is 0 Å². The lowest BCUT2D eigenvalue weighted by molar-refractivity contribution is -0.118. The van der Waals surface area contributed by atoms with Crippen LogP contribution in [0.4, 0.5) is 10.5 Å². The molecular formula is C19H26ClN5O4. The summed E-state index contributed by atoms with van der Waals surface area (Å²) >= 11 is 5.66. The van der Waals surface area contributed by atoms with Gasteiger partial charge in [-0.05, 0) is 57.7 Å². The van der Waals surface area contributed by atoms with E-state index in [1.165, 1.54) is 6.07 Å². The fourth-order valence-electron chi connectivity index (χ4n) is 2.39. The lowest BCUT2D eigenvalue weighted by Gasteiger charge is -2.20. The van der Waals surface area contributed by atoms with Gasteiger partial charge >= 0.3 is 6.09 Å². The van der Waals surface area contributed by atoms with E-state index in [1.54, 1.807) is 39.0 Å². The van der Waals surface area contributed by atoms with Crippen LogP contribution in [0.1, 0.15) is 50.4 Å². The first-order valence-corrected chi connectivity index (χ1v) is 9.71. The number of rotatable bonds is 10. The molecule has 0 fully saturated rings. The van der Waals surface area contributed by atoms with Crippen molar-refractivity contribution >= 4 is 35.1 Å². The number of carbonyl (C=O) groups is 3. The van der Waals surface area contributed by atoms with E-state index in [0.717, 1.165) is 0 Å². The zero-order chi connectivity index (χ0) is 21.9. The molecule has 29 heavy (non-hydrogen) atoms. The molecule has 1 aromatic rings. The van der Waals surface area contributed by atoms with Gasteiger partial charge in [-0.15, -0.1) is 11.6 Å². The summed E-state index contributed by atoms with van der Waals surface area (Å²) in [5.41, 5.74) is 8.50. The molecule has 0 saturated heterocycles. The molecule has 0 aliphatic heterocycles. The minimum Gasteiger partial charge on any atom is -0.444 e. The lowest BCUT2D eigenvalue weighted by atomic mass is 10.0. The van der Waals surface area contributed by atoms with Crippen LogP contribution in [0.25, 0.3) is 10.4 Å². The predicted molar refractivity (Wildman–Crippen MR) is 110 cm³/mol. The van der Waals surface area contributed by atoms with Crippen molar-refractivity contribution < 1.29 is 19.1 Å². The van der Waals surface area contributed by atoms with Crippen molar-refractivity contribution in [3.8, 4) is 0 Å². The molecule has 0 aliphatic rings. The highest BCUT2D eigenvalue weighted by molar-refractivity contribution is 6.28. The number of Topliss-reactive ketones (excluding diaryl/α,β-unsaturated/α-hetero) is 1. The minimum atomic E-state index is -0.746. The molecule has 0 saturated carbocycles. The number of hydrogen-bond acceptors (Lipinski definition) is 5. The van der Waals surface area contributed by atoms with Gasteiger partial charge in [-0.3, -0.25) is 9.59 Å². The quantitative estimate of drug-likeness (QED) is 0.191. The first kappa shape index (κ1) is 24.3. The van der Waals surface area contributed by atoms with Crippen molar-refractivity contribution in [2.75, 3.05) is 12.4 Å². The molecule has 0 aliphatic carbocycles. The number of alkyl carbamates (subject to hydrolysis) is 1. The van der Waals surface area contributed by atoms with Gasteiger partial charge < -0.3 is 15.4 Å². The van der Waals surface area contributed by atoms with Crippen molar-refractivity contribution in [1.82, 2.24) is 10.6 Å². The number of nitrogens with one attached hydrogen (secondary N) is 2. The van der Waals surface area contributed by atoms with Crippen molar-refractivity contribution in [2.24, 2.45) is 5.11 Å². The van der Waals surface area contributed by atoms with E-state index in [2.05, 4.69) is 20.7 Å². The number of amides is 2. The Morgan fingerprint density at radius 2 is 2.00 bits per heavy atom. The van der Waals surface area contributed by atoms with Crippen LogP contribution in [-0.2, 0) is 9.53 Å². The first-order chi connectivity index (χ1) is 13.7. The average molecular weight is 424 g/mol. The largest absolute Gasteiger partial charge is 0.444 e. The number of benzene rings is 1. The number of halogens is 1. The zero-order valence-electron chi connectivity index (χ0n) is 16.8. The monoisotopic (exact) mass is 423 g/mol. The molecule has 0 unspecified atom stereocenters. The maximum atomic E-state index is 12.4. The standard InChI is InChI=1S/C19H26ClN5O4/c1-19(2,3)29-18(28)22-10-5-4-9-15(16(26)12-20)23-17(27)13-7-6-8-14(11-13)24-25-21/h6-8,11,15H,4-5,9-10,12H2,1-3H3,(H,22,28)(H,23,27)/t15-/m0/s1. The van der Waals surface area contributed by atoms with E-state index in [4.69, 9.17) is 21.9 Å². The Labute approximate surface area is 174 Å². The minimum absolute atomic E-state index is 0.222. The molecule has 2 N–H and O–H groups in total. The molecular weight excluding hydrogens is 398 g/mol. The smallest absolute Gasteiger partial charge is 0.407 e. The fourth-order valence-corrected chi connectivity index (χ4v) is 2.57. The van der Waals surface area contributed by atoms with Gasteiger partial charge in [0.25, 0.3) is 5.91 Å². The molecule has 1 atom stereocenters. The SMILES string of the molecule is CC(C)(C)OC(=O)NCCCC[C@H](NC(=O)c1cccc(N=[N+]=[N-])c1)C(=O)CCl. The molecule has 0 bridgehead atoms. The molecule has 0 radical (unpaired) electrons. The summed E-state index contributed by atoms with van der Waals surface area (Å²) in [5, 5.41) is 8.76. The van der Waals surface area contributed by atoms with Gasteiger partial charge in [0.2, 0.25) is 0 Å². The Morgan fingerprint density at radius 3 is 2.62 bits per heavy atom. The van der Waals surface area contributed by atoms with E-state index in [0.29, 0.717) is 31.5 Å². The van der Waals surface area contributed by atoms with Gasteiger partial charge in [-0.25, -0.2) is 4.79 Å². The first-order valence-electron chi connectivity index (χ1n) is 9.18. The molecule has 1 rings (SSSR count). The van der Waals surface area contributed by atoms with Gasteiger partial charge in [0, 0.05) is 22.7 Å². The van der Waals surface area contributed by atoms with Gasteiger partial charge in [0.05, 0.1) is 11.9 Å². The lowest BCUT2D eigenvalue weighted by Crippen LogP contribution is -2.41. The number of carbonyl (C=O) groups excluding carboxylic acids is 3. The number of alkyl halides is 1. The van der Waals surface area contributed by atoms with Crippen LogP contribution in [0, 0.1) is 0 Å². The number of unbranched alkanes of at least 4 members (excludes halogenated alkanes) is 1. The average Bonchev–Trinajstić information content (AvgIpc) is 2.65. The second-order valence-corrected chi connectivity index (χ2v) is 7.56. The number of azide groups is 1. The molecule has 1 aromatic carbocycles. The maximum Gasteiger partial charge on any atom is 0.407 e. The predicted octanol–water partition coefficient (Wildman–Crippen LogP) is 4.23. The highest BCUT2D eigenvalue weighted by atomic mass is 35.5. The van der Waals surface area contributed by atoms with Crippen LogP contribution in [-0.4, -0.2) is 41.9 Å². The van der Waals surface area contributed by atoms with Gasteiger partial charge in [0.1, 0.15) is 5.60 Å². The van der Waals surface area contributed by atoms with Crippen LogP contribution in [0.15, 0.2) is 29.4 Å². The van der Waals surface area contributed by atoms with Crippen molar-refractivity contribution in [3.63, 3.8) is 0 Å². The summed E-state index contributed by atoms with van der Waals surface area (Å²) in [5.74, 6) is -0.985. The van der Waals surface area contributed by atoms with E-state index in [9.17, 15) is 14.4 Å². The van der Waals surface area contributed by atoms with Crippen LogP contribution in [0.2, 0.25) is 0 Å². The third kappa shape index (κ3) is 9.82. The molecule has 0 spiro atoms. The molecule has 2 amide bonds. The Balaban J connectivity index is 2.55. The molecule has 0 heterocycles. The van der Waals surface area contributed by atoms with Crippen LogP contribution >= 0.6 is 11.6 Å². The second-order valence-electron chi connectivity index (χ2n) is 7.29. The Morgan fingerprint density at radius 1 is 1.28 bits per heavy atom. The highest BCUT2D eigenvalue weighted by Gasteiger charge is 2.20. The van der Waals surface area contributed by atoms with Gasteiger partial charge in [-0.1, -0.05) is 17.2 Å². The second kappa shape index (κ2) is 11.9. The molecule has 0 aromatic heterocycles. The Hall–Kier alpha value is -2.77. The molecule has 158 valence electrons. The summed E-state index contributed by atoms with van der Waals surface area (Å²) in [6.07, 6.45) is 1.07. The third-order valence-corrected chi connectivity index (χ3v) is 3.95. The van der Waals surface area contributed by atoms with Crippen LogP contribution in [0.3, 0.4) is 0 Å². The van der Waals surface area contributed by atoms with E-state index >= 15 is 0 Å². The number of ether oxygens (including phenoxy) is 1. The van der Waals surface area contributed by atoms with E-state index in [-0.39, 0.29) is 17.2 Å². The number of hydrogen-bond donors (Lipinski definition) is 2. The van der Waals surface area contributed by atoms with Crippen molar-refractivity contribution in [1.29, 1.82) is 0 Å². The summed E-state index contributed by atoms with van der Waals surface area (Å²) in [4.78, 5) is 38.8. The Kier molecular flexibility index (Phi) is 9.99. The summed E-state index contributed by atoms with van der Waals surface area (Å²) in [7, 11) is 0. The zero-order valence-corrected chi connectivity index (χ0v) is 17.5. The van der Waals surface area contributed by atoms with E-state index < -0.39 is 23.6 Å². The third-order valence-electron chi connectivity index (χ3n) is 3.68. The fraction of sp³-hybridized carbons (Fsp3) is 0.526. The van der Waals surface area contributed by atoms with Gasteiger partial charge in [0.15, 0.2) is 5.78 Å². The Bertz CT molecular complexity index is 772. The number of nitrogens with zero attached hydrogens (tertiary/aromatic N) is 3. The van der Waals surface area contributed by atoms with E-state index in [1.807, 2.05) is 0 Å². The summed E-state index contributed by atoms with van der Waals surface area (Å²) < 4.78 is 5.14. The van der Waals surface area contributed by atoms with Crippen LogP contribution < -0.4 is 10.6 Å². The number of ketones is 1. The highest BCUT2D eigenvalue weighted by Crippen LogP contribution is 2.15. The van der Waals surface area contributed by atoms with Crippen molar-refractivity contribution in [3.05, 3.63) is 40.3 Å². The van der Waals surface area contributed by atoms with Crippen molar-refractivity contribution in [2.45, 2.75) is 51.7 Å². The summed E-state index contributed by atoms with van der Waals surface area (Å²) in [6.45, 7) is 5.72. The molecule has 10 heteroatoms. The topological polar surface area (TPSA) is 133 Å². The maximum absolute atomic E-state index is 12.4. The van der Waals surface area contributed by atoms with Gasteiger partial charge in [-0.2, -0.15) is 0 Å².